The lowest BCUT2D eigenvalue weighted by Gasteiger charge is -2.13. The van der Waals surface area contributed by atoms with Crippen molar-refractivity contribution in [3.63, 3.8) is 0 Å². The van der Waals surface area contributed by atoms with Crippen LogP contribution in [0, 0.1) is 15.5 Å². The quantitative estimate of drug-likeness (QED) is 0.00511. The molecule has 0 unspecified atom stereocenters. The number of aliphatic hydroxyl groups is 3. The summed E-state index contributed by atoms with van der Waals surface area (Å²) in [7, 11) is 2.52. The number of nitrogens with two attached hydrogens (primary N) is 1. The minimum Gasteiger partial charge on any atom is -0.497 e. The van der Waals surface area contributed by atoms with Crippen LogP contribution in [0.4, 0.5) is 5.69 Å². The second-order valence-corrected chi connectivity index (χ2v) is 12.4. The smallest absolute Gasteiger partial charge is 0.293 e. The number of amides is 3. The van der Waals surface area contributed by atoms with E-state index in [4.69, 9.17) is 74.3 Å². The number of benzene rings is 1. The fourth-order valence-electron chi connectivity index (χ4n) is 3.80. The van der Waals surface area contributed by atoms with Gasteiger partial charge in [-0.05, 0) is 38.5 Å². The maximum Gasteiger partial charge on any atom is 0.293 e. The molecule has 0 aliphatic rings. The molecule has 0 aromatic heterocycles. The number of aliphatic hydroxyl groups excluding tert-OH is 3. The predicted octanol–water partition coefficient (Wildman–Crippen LogP) is 0.374. The SMILES string of the molecule is C/C=C\C(=O)N(C=O)CC(=O)NCCOCCOCCOCCOCCOCCOCCC.C=C(C)CC(=N)N.CO.COc1ccc([N+](=O)[O-])cc1.O=COCCOCCOCCO.OCNO. The number of hydrogen-bond donors (Lipinski definition) is 8. The average Bonchev–Trinajstić information content (AvgIpc) is 3.34. The summed E-state index contributed by atoms with van der Waals surface area (Å²) >= 11 is 0. The van der Waals surface area contributed by atoms with E-state index < -0.39 is 16.7 Å². The van der Waals surface area contributed by atoms with Crippen LogP contribution in [0.5, 0.6) is 5.75 Å². The molecule has 0 spiro atoms. The first-order valence-electron chi connectivity index (χ1n) is 21.5. The molecule has 26 heteroatoms. The van der Waals surface area contributed by atoms with Gasteiger partial charge >= 0.3 is 0 Å². The number of imide groups is 1. The molecule has 0 aliphatic carbocycles. The van der Waals surface area contributed by atoms with Crippen molar-refractivity contribution in [2.45, 2.75) is 33.6 Å². The highest BCUT2D eigenvalue weighted by atomic mass is 16.6. The molecule has 402 valence electrons. The number of carbonyl (C=O) groups is 4. The van der Waals surface area contributed by atoms with Crippen LogP contribution in [0.3, 0.4) is 0 Å². The van der Waals surface area contributed by atoms with E-state index in [-0.39, 0.29) is 44.6 Å². The van der Waals surface area contributed by atoms with Crippen molar-refractivity contribution in [3.05, 3.63) is 58.7 Å². The molecule has 3 amide bonds. The number of carbonyl (C=O) groups excluding carboxylic acids is 4. The molecule has 0 saturated carbocycles. The summed E-state index contributed by atoms with van der Waals surface area (Å²) in [5, 5.41) is 49.7. The van der Waals surface area contributed by atoms with Crippen LogP contribution >= 0.6 is 0 Å². The van der Waals surface area contributed by atoms with Gasteiger partial charge in [-0.2, -0.15) is 5.48 Å². The molecule has 0 bridgehead atoms. The topological polar surface area (TPSA) is 362 Å². The molecule has 0 aliphatic heterocycles. The molecule has 69 heavy (non-hydrogen) atoms. The van der Waals surface area contributed by atoms with Crippen molar-refractivity contribution in [2.24, 2.45) is 5.73 Å². The highest BCUT2D eigenvalue weighted by Crippen LogP contribution is 2.16. The van der Waals surface area contributed by atoms with Crippen LogP contribution in [0.25, 0.3) is 0 Å². The fraction of sp³-hybridized carbons (Fsp3) is 0.651. The third-order valence-electron chi connectivity index (χ3n) is 6.68. The number of hydroxylamine groups is 1. The van der Waals surface area contributed by atoms with Crippen LogP contribution in [0.15, 0.2) is 48.6 Å². The van der Waals surface area contributed by atoms with Gasteiger partial charge in [0.25, 0.3) is 18.1 Å². The molecular formula is C43H80N6O20. The maximum absolute atomic E-state index is 11.7. The minimum absolute atomic E-state index is 0.0221. The number of allylic oxidation sites excluding steroid dienone is 1. The highest BCUT2D eigenvalue weighted by Gasteiger charge is 2.13. The first kappa shape index (κ1) is 72.9. The number of ether oxygens (including phenoxy) is 10. The molecule has 1 aromatic rings. The van der Waals surface area contributed by atoms with E-state index in [2.05, 4.69) is 23.6 Å². The summed E-state index contributed by atoms with van der Waals surface area (Å²) in [6.07, 6.45) is 4.58. The number of nitrogens with one attached hydrogen (secondary N) is 3. The van der Waals surface area contributed by atoms with Crippen molar-refractivity contribution in [1.82, 2.24) is 15.7 Å². The molecule has 1 aromatic carbocycles. The Kier molecular flexibility index (Phi) is 66.5. The maximum atomic E-state index is 11.7. The number of methoxy groups -OCH3 is 1. The Morgan fingerprint density at radius 3 is 1.54 bits per heavy atom. The van der Waals surface area contributed by atoms with Gasteiger partial charge in [-0.25, -0.2) is 0 Å². The lowest BCUT2D eigenvalue weighted by Crippen LogP contribution is -2.40. The zero-order valence-corrected chi connectivity index (χ0v) is 40.9. The first-order chi connectivity index (χ1) is 33.3. The summed E-state index contributed by atoms with van der Waals surface area (Å²) in [6.45, 7) is 17.0. The van der Waals surface area contributed by atoms with Gasteiger partial charge < -0.3 is 78.9 Å². The summed E-state index contributed by atoms with van der Waals surface area (Å²) in [6, 6.07) is 5.91. The van der Waals surface area contributed by atoms with Gasteiger partial charge in [0.15, 0.2) is 0 Å². The Morgan fingerprint density at radius 2 is 1.22 bits per heavy atom. The molecule has 0 heterocycles. The van der Waals surface area contributed by atoms with E-state index in [9.17, 15) is 29.3 Å². The molecular weight excluding hydrogens is 920 g/mol. The van der Waals surface area contributed by atoms with Crippen LogP contribution < -0.4 is 21.3 Å². The summed E-state index contributed by atoms with van der Waals surface area (Å²) in [5.41, 5.74) is 7.51. The number of non-ortho nitro benzene ring substituents is 1. The average molecular weight is 1000 g/mol. The fourth-order valence-corrected chi connectivity index (χ4v) is 3.80. The van der Waals surface area contributed by atoms with Crippen molar-refractivity contribution < 1.29 is 92.0 Å². The molecule has 0 atom stereocenters. The summed E-state index contributed by atoms with van der Waals surface area (Å²) < 4.78 is 51.3. The Balaban J connectivity index is -0.000000305. The number of rotatable bonds is 38. The number of nitrogens with zero attached hydrogens (tertiary/aromatic N) is 2. The van der Waals surface area contributed by atoms with Crippen LogP contribution in [0.1, 0.15) is 33.6 Å². The van der Waals surface area contributed by atoms with Gasteiger partial charge in [-0.15, -0.1) is 0 Å². The van der Waals surface area contributed by atoms with E-state index in [0.29, 0.717) is 124 Å². The van der Waals surface area contributed by atoms with E-state index in [1.165, 1.54) is 36.9 Å². The molecule has 0 saturated heterocycles. The molecule has 0 radical (unpaired) electrons. The van der Waals surface area contributed by atoms with Gasteiger partial charge in [-0.1, -0.05) is 25.2 Å². The van der Waals surface area contributed by atoms with Crippen molar-refractivity contribution in [1.29, 1.82) is 5.41 Å². The Hall–Kier alpha value is -5.07. The molecule has 9 N–H and O–H groups in total. The number of hydrogen-bond acceptors (Lipinski definition) is 22. The van der Waals surface area contributed by atoms with Crippen molar-refractivity contribution in [3.8, 4) is 5.75 Å². The lowest BCUT2D eigenvalue weighted by molar-refractivity contribution is -0.384. The normalized spacial score (nSPS) is 9.81. The number of nitro benzene ring substituents is 1. The summed E-state index contributed by atoms with van der Waals surface area (Å²) in [5.74, 6) is -0.171. The van der Waals surface area contributed by atoms with Crippen LogP contribution in [-0.4, -0.2) is 214 Å². The summed E-state index contributed by atoms with van der Waals surface area (Å²) in [4.78, 5) is 54.2. The van der Waals surface area contributed by atoms with Gasteiger partial charge in [-0.3, -0.25) is 39.6 Å². The first-order valence-corrected chi connectivity index (χ1v) is 21.5. The van der Waals surface area contributed by atoms with Gasteiger partial charge in [0, 0.05) is 38.8 Å². The third kappa shape index (κ3) is 65.0. The van der Waals surface area contributed by atoms with Crippen molar-refractivity contribution in [2.75, 3.05) is 153 Å². The molecule has 26 nitrogen and oxygen atoms in total. The highest BCUT2D eigenvalue weighted by molar-refractivity contribution is 5.97. The Labute approximate surface area is 405 Å². The molecule has 1 rings (SSSR count). The minimum atomic E-state index is -0.540. The third-order valence-corrected chi connectivity index (χ3v) is 6.68. The monoisotopic (exact) mass is 1000 g/mol. The van der Waals surface area contributed by atoms with E-state index in [0.717, 1.165) is 30.6 Å². The largest absolute Gasteiger partial charge is 0.497 e. The Morgan fingerprint density at radius 1 is 0.797 bits per heavy atom. The van der Waals surface area contributed by atoms with Gasteiger partial charge in [0.2, 0.25) is 12.3 Å². The number of nitro groups is 1. The van der Waals surface area contributed by atoms with Crippen LogP contribution in [-0.2, 0) is 61.8 Å². The van der Waals surface area contributed by atoms with E-state index in [1.54, 1.807) is 19.1 Å². The predicted molar refractivity (Wildman–Crippen MR) is 253 cm³/mol. The number of amidine groups is 1. The second-order valence-electron chi connectivity index (χ2n) is 12.4. The van der Waals surface area contributed by atoms with E-state index in [1.807, 2.05) is 6.92 Å². The van der Waals surface area contributed by atoms with Gasteiger partial charge in [0.05, 0.1) is 124 Å². The van der Waals surface area contributed by atoms with Gasteiger partial charge in [0.1, 0.15) is 25.6 Å². The van der Waals surface area contributed by atoms with E-state index >= 15 is 0 Å². The zero-order valence-electron chi connectivity index (χ0n) is 40.9. The standard InChI is InChI=1S/C22H40N2O9.C7H7NO3.C7H14O5.C5H10N2.CH5NO2.CH4O/c1-3-5-22(27)24(20-25)19-21(26)23-6-8-29-10-12-31-14-16-33-18-17-32-15-13-30-11-9-28-7-4-2;1-11-7-4-2-6(3-5-7)8(9)10;8-1-2-10-3-4-11-5-6-12-7-9;1-4(2)3-5(6)7;3-1-2-4;1-2/h3,5,20H,4,6-19H2,1-2H3,(H,23,26);2-5H,1H3;7-8H,1-6H2;1,3H2,2H3,(H3,6,7);2-4H,1H2;2H,1H3/b5-3-;;;;;. The van der Waals surface area contributed by atoms with Crippen LogP contribution in [0.2, 0.25) is 0 Å². The van der Waals surface area contributed by atoms with Crippen molar-refractivity contribution >= 4 is 36.2 Å². The zero-order chi connectivity index (χ0) is 53.0. The Bertz CT molecular complexity index is 1350. The lowest BCUT2D eigenvalue weighted by atomic mass is 10.2. The second kappa shape index (κ2) is 62.9. The molecule has 0 fully saturated rings.